The van der Waals surface area contributed by atoms with E-state index in [1.807, 2.05) is 54.9 Å². The van der Waals surface area contributed by atoms with Gasteiger partial charge in [0.25, 0.3) is 5.91 Å². The number of aromatic nitrogens is 3. The minimum Gasteiger partial charge on any atom is -0.321 e. The second-order valence-corrected chi connectivity index (χ2v) is 6.00. The third-order valence-electron chi connectivity index (χ3n) is 3.05. The van der Waals surface area contributed by atoms with Gasteiger partial charge in [0.15, 0.2) is 5.82 Å². The van der Waals surface area contributed by atoms with Crippen LogP contribution in [0.2, 0.25) is 0 Å². The molecule has 1 aromatic carbocycles. The summed E-state index contributed by atoms with van der Waals surface area (Å²) in [7, 11) is 1.88. The smallest absolute Gasteiger partial charge is 0.265 e. The van der Waals surface area contributed by atoms with Crippen LogP contribution in [0.25, 0.3) is 11.4 Å². The number of nitrogens with zero attached hydrogens (tertiary/aromatic N) is 3. The van der Waals surface area contributed by atoms with Gasteiger partial charge in [0.1, 0.15) is 6.33 Å². The fourth-order valence-corrected chi connectivity index (χ4v) is 2.79. The van der Waals surface area contributed by atoms with E-state index in [0.29, 0.717) is 4.88 Å². The molecular formula is C15H14N4OS. The van der Waals surface area contributed by atoms with E-state index < -0.39 is 0 Å². The third kappa shape index (κ3) is 2.85. The normalized spacial score (nSPS) is 10.6. The van der Waals surface area contributed by atoms with Gasteiger partial charge in [-0.2, -0.15) is 0 Å². The zero-order valence-electron chi connectivity index (χ0n) is 11.7. The van der Waals surface area contributed by atoms with E-state index in [1.54, 1.807) is 6.33 Å². The summed E-state index contributed by atoms with van der Waals surface area (Å²) >= 11 is 1.48. The maximum Gasteiger partial charge on any atom is 0.265 e. The van der Waals surface area contributed by atoms with Crippen molar-refractivity contribution in [3.8, 4) is 11.4 Å². The SMILES string of the molecule is Cc1ccc(C(=O)Nc2cccc(-c3nncn3C)c2)s1. The molecule has 3 aromatic rings. The first-order valence-electron chi connectivity index (χ1n) is 6.46. The van der Waals surface area contributed by atoms with Crippen LogP contribution in [0.4, 0.5) is 5.69 Å². The van der Waals surface area contributed by atoms with Crippen LogP contribution in [0.5, 0.6) is 0 Å². The molecule has 6 heteroatoms. The van der Waals surface area contributed by atoms with Crippen molar-refractivity contribution in [3.63, 3.8) is 0 Å². The maximum atomic E-state index is 12.2. The van der Waals surface area contributed by atoms with Crippen molar-refractivity contribution >= 4 is 22.9 Å². The molecule has 0 aliphatic rings. The number of amides is 1. The van der Waals surface area contributed by atoms with E-state index in [1.165, 1.54) is 11.3 Å². The molecule has 106 valence electrons. The van der Waals surface area contributed by atoms with E-state index in [2.05, 4.69) is 15.5 Å². The molecule has 0 aliphatic heterocycles. The van der Waals surface area contributed by atoms with E-state index in [9.17, 15) is 4.79 Å². The number of anilines is 1. The molecule has 2 heterocycles. The monoisotopic (exact) mass is 298 g/mol. The van der Waals surface area contributed by atoms with Crippen molar-refractivity contribution < 1.29 is 4.79 Å². The van der Waals surface area contributed by atoms with Gasteiger partial charge in [-0.1, -0.05) is 12.1 Å². The third-order valence-corrected chi connectivity index (χ3v) is 4.05. The first-order valence-corrected chi connectivity index (χ1v) is 7.27. The van der Waals surface area contributed by atoms with Gasteiger partial charge in [-0.05, 0) is 31.2 Å². The molecular weight excluding hydrogens is 284 g/mol. The second-order valence-electron chi connectivity index (χ2n) is 4.71. The predicted octanol–water partition coefficient (Wildman–Crippen LogP) is 3.10. The molecule has 21 heavy (non-hydrogen) atoms. The average Bonchev–Trinajstić information content (AvgIpc) is 3.08. The number of nitrogens with one attached hydrogen (secondary N) is 1. The molecule has 0 radical (unpaired) electrons. The fraction of sp³-hybridized carbons (Fsp3) is 0.133. The largest absolute Gasteiger partial charge is 0.321 e. The highest BCUT2D eigenvalue weighted by molar-refractivity contribution is 7.14. The van der Waals surface area contributed by atoms with Crippen LogP contribution in [0, 0.1) is 6.92 Å². The zero-order valence-corrected chi connectivity index (χ0v) is 12.5. The Morgan fingerprint density at radius 2 is 2.14 bits per heavy atom. The number of hydrogen-bond acceptors (Lipinski definition) is 4. The molecule has 0 saturated carbocycles. The van der Waals surface area contributed by atoms with Crippen LogP contribution >= 0.6 is 11.3 Å². The Hall–Kier alpha value is -2.47. The zero-order chi connectivity index (χ0) is 14.8. The number of rotatable bonds is 3. The summed E-state index contributed by atoms with van der Waals surface area (Å²) in [6.07, 6.45) is 1.65. The van der Waals surface area contributed by atoms with Gasteiger partial charge in [-0.15, -0.1) is 21.5 Å². The second kappa shape index (κ2) is 5.49. The van der Waals surface area contributed by atoms with Crippen LogP contribution in [0.3, 0.4) is 0 Å². The number of carbonyl (C=O) groups is 1. The first-order chi connectivity index (χ1) is 10.1. The van der Waals surface area contributed by atoms with Crippen LogP contribution in [-0.4, -0.2) is 20.7 Å². The Bertz CT molecular complexity index is 790. The van der Waals surface area contributed by atoms with Crippen molar-refractivity contribution in [1.29, 1.82) is 0 Å². The number of benzene rings is 1. The number of thiophene rings is 1. The van der Waals surface area contributed by atoms with Gasteiger partial charge in [0, 0.05) is 23.2 Å². The minimum absolute atomic E-state index is 0.0942. The summed E-state index contributed by atoms with van der Waals surface area (Å²) in [6.45, 7) is 1.98. The molecule has 0 bridgehead atoms. The predicted molar refractivity (Wildman–Crippen MR) is 83.4 cm³/mol. The molecule has 2 aromatic heterocycles. The Morgan fingerprint density at radius 3 is 2.81 bits per heavy atom. The molecule has 5 nitrogen and oxygen atoms in total. The van der Waals surface area contributed by atoms with Gasteiger partial charge in [0.05, 0.1) is 4.88 Å². The summed E-state index contributed by atoms with van der Waals surface area (Å²) < 4.78 is 1.84. The standard InChI is InChI=1S/C15H14N4OS/c1-10-6-7-13(21-10)15(20)17-12-5-3-4-11(8-12)14-18-16-9-19(14)2/h3-9H,1-2H3,(H,17,20). The van der Waals surface area contributed by atoms with Crippen molar-refractivity contribution in [1.82, 2.24) is 14.8 Å². The number of hydrogen-bond donors (Lipinski definition) is 1. The maximum absolute atomic E-state index is 12.2. The topological polar surface area (TPSA) is 59.8 Å². The molecule has 0 spiro atoms. The summed E-state index contributed by atoms with van der Waals surface area (Å²) in [4.78, 5) is 14.0. The average molecular weight is 298 g/mol. The molecule has 0 fully saturated rings. The Morgan fingerprint density at radius 1 is 1.29 bits per heavy atom. The lowest BCUT2D eigenvalue weighted by Crippen LogP contribution is -2.10. The van der Waals surface area contributed by atoms with Crippen molar-refractivity contribution in [3.05, 3.63) is 52.5 Å². The van der Waals surface area contributed by atoms with Crippen molar-refractivity contribution in [2.45, 2.75) is 6.92 Å². The Balaban J connectivity index is 1.84. The molecule has 0 unspecified atom stereocenters. The first kappa shape index (κ1) is 13.5. The van der Waals surface area contributed by atoms with Gasteiger partial charge in [-0.25, -0.2) is 0 Å². The number of aryl methyl sites for hydroxylation is 2. The highest BCUT2D eigenvalue weighted by Crippen LogP contribution is 2.22. The summed E-state index contributed by atoms with van der Waals surface area (Å²) in [6, 6.07) is 11.4. The van der Waals surface area contributed by atoms with E-state index in [0.717, 1.165) is 22.0 Å². The van der Waals surface area contributed by atoms with Gasteiger partial charge in [-0.3, -0.25) is 4.79 Å². The molecule has 0 atom stereocenters. The van der Waals surface area contributed by atoms with Crippen LogP contribution < -0.4 is 5.32 Å². The minimum atomic E-state index is -0.0942. The van der Waals surface area contributed by atoms with E-state index >= 15 is 0 Å². The summed E-state index contributed by atoms with van der Waals surface area (Å²) in [5, 5.41) is 10.8. The van der Waals surface area contributed by atoms with Crippen molar-refractivity contribution in [2.24, 2.45) is 7.05 Å². The highest BCUT2D eigenvalue weighted by atomic mass is 32.1. The van der Waals surface area contributed by atoms with Crippen LogP contribution in [-0.2, 0) is 7.05 Å². The van der Waals surface area contributed by atoms with E-state index in [-0.39, 0.29) is 5.91 Å². The lowest BCUT2D eigenvalue weighted by atomic mass is 10.2. The van der Waals surface area contributed by atoms with Gasteiger partial charge < -0.3 is 9.88 Å². The lowest BCUT2D eigenvalue weighted by molar-refractivity contribution is 0.103. The molecule has 3 rings (SSSR count). The van der Waals surface area contributed by atoms with E-state index in [4.69, 9.17) is 0 Å². The van der Waals surface area contributed by atoms with Gasteiger partial charge in [0.2, 0.25) is 0 Å². The Kier molecular flexibility index (Phi) is 3.53. The van der Waals surface area contributed by atoms with Crippen LogP contribution in [0.15, 0.2) is 42.7 Å². The van der Waals surface area contributed by atoms with Crippen LogP contribution in [0.1, 0.15) is 14.5 Å². The number of carbonyl (C=O) groups excluding carboxylic acids is 1. The lowest BCUT2D eigenvalue weighted by Gasteiger charge is -2.06. The fourth-order valence-electron chi connectivity index (χ4n) is 2.03. The molecule has 0 saturated heterocycles. The summed E-state index contributed by atoms with van der Waals surface area (Å²) in [5.41, 5.74) is 1.65. The highest BCUT2D eigenvalue weighted by Gasteiger charge is 2.10. The summed E-state index contributed by atoms with van der Waals surface area (Å²) in [5.74, 6) is 0.668. The molecule has 1 amide bonds. The van der Waals surface area contributed by atoms with Crippen molar-refractivity contribution in [2.75, 3.05) is 5.32 Å². The Labute approximate surface area is 126 Å². The quantitative estimate of drug-likeness (QED) is 0.808. The molecule has 1 N–H and O–H groups in total. The van der Waals surface area contributed by atoms with Gasteiger partial charge >= 0.3 is 0 Å². The molecule has 0 aliphatic carbocycles.